The van der Waals surface area contributed by atoms with Crippen molar-refractivity contribution in [1.82, 2.24) is 0 Å². The van der Waals surface area contributed by atoms with Gasteiger partial charge < -0.3 is 18.7 Å². The van der Waals surface area contributed by atoms with Gasteiger partial charge in [-0.2, -0.15) is 0 Å². The molecule has 0 bridgehead atoms. The summed E-state index contributed by atoms with van der Waals surface area (Å²) in [6.07, 6.45) is 9.18. The van der Waals surface area contributed by atoms with E-state index in [9.17, 15) is 9.59 Å². The maximum absolute atomic E-state index is 12.6. The standard InChI is InChI=1S/C21H28O5/c1-13-17(25-14(2)23)10-20(3)18(5-4-16-19(20)26-16)21(13,12-22)8-6-15-7-9-24-11-15/h7,9,11-13,16-19H,4-6,8,10H2,1-3H3/t13-,16+,17+,18+,19+,20-,21-/m0/s1. The van der Waals surface area contributed by atoms with Gasteiger partial charge in [-0.15, -0.1) is 0 Å². The number of esters is 1. The van der Waals surface area contributed by atoms with Crippen LogP contribution in [0, 0.1) is 22.7 Å². The normalized spacial score (nSPS) is 43.9. The smallest absolute Gasteiger partial charge is 0.302 e. The molecule has 2 saturated carbocycles. The van der Waals surface area contributed by atoms with Gasteiger partial charge in [0.15, 0.2) is 0 Å². The van der Waals surface area contributed by atoms with Gasteiger partial charge in [0.1, 0.15) is 12.4 Å². The number of epoxide rings is 1. The molecule has 4 rings (SSSR count). The minimum atomic E-state index is -0.513. The summed E-state index contributed by atoms with van der Waals surface area (Å²) in [6, 6.07) is 1.95. The largest absolute Gasteiger partial charge is 0.472 e. The molecule has 0 unspecified atom stereocenters. The molecule has 5 heteroatoms. The Balaban J connectivity index is 1.69. The first-order chi connectivity index (χ1) is 12.4. The van der Waals surface area contributed by atoms with Crippen molar-refractivity contribution in [1.29, 1.82) is 0 Å². The van der Waals surface area contributed by atoms with E-state index in [-0.39, 0.29) is 35.4 Å². The number of hydrogen-bond acceptors (Lipinski definition) is 5. The van der Waals surface area contributed by atoms with E-state index in [1.54, 1.807) is 12.5 Å². The summed E-state index contributed by atoms with van der Waals surface area (Å²) in [4.78, 5) is 24.3. The Labute approximate surface area is 154 Å². The Bertz CT molecular complexity index is 683. The van der Waals surface area contributed by atoms with Crippen molar-refractivity contribution in [3.05, 3.63) is 24.2 Å². The zero-order valence-corrected chi connectivity index (χ0v) is 15.8. The Hall–Kier alpha value is -1.62. The molecule has 0 N–H and O–H groups in total. The number of aldehydes is 1. The highest BCUT2D eigenvalue weighted by atomic mass is 16.6. The van der Waals surface area contributed by atoms with Crippen molar-refractivity contribution in [3.63, 3.8) is 0 Å². The molecule has 1 aliphatic heterocycles. The van der Waals surface area contributed by atoms with Gasteiger partial charge >= 0.3 is 5.97 Å². The van der Waals surface area contributed by atoms with Crippen molar-refractivity contribution in [3.8, 4) is 0 Å². The summed E-state index contributed by atoms with van der Waals surface area (Å²) in [7, 11) is 0. The lowest BCUT2D eigenvalue weighted by Crippen LogP contribution is -2.60. The summed E-state index contributed by atoms with van der Waals surface area (Å²) >= 11 is 0. The second kappa shape index (κ2) is 6.22. The van der Waals surface area contributed by atoms with Gasteiger partial charge in [-0.3, -0.25) is 4.79 Å². The van der Waals surface area contributed by atoms with E-state index < -0.39 is 5.41 Å². The third-order valence-corrected chi connectivity index (χ3v) is 7.43. The molecule has 1 saturated heterocycles. The van der Waals surface area contributed by atoms with Crippen LogP contribution in [0.2, 0.25) is 0 Å². The average Bonchev–Trinajstić information content (AvgIpc) is 3.23. The number of aryl methyl sites for hydroxylation is 1. The van der Waals surface area contributed by atoms with Crippen LogP contribution < -0.4 is 0 Å². The minimum Gasteiger partial charge on any atom is -0.472 e. The van der Waals surface area contributed by atoms with E-state index in [4.69, 9.17) is 13.9 Å². The predicted molar refractivity (Wildman–Crippen MR) is 94.4 cm³/mol. The molecule has 2 heterocycles. The highest BCUT2D eigenvalue weighted by Gasteiger charge is 2.68. The molecular formula is C21H28O5. The average molecular weight is 360 g/mol. The van der Waals surface area contributed by atoms with Gasteiger partial charge in [-0.1, -0.05) is 13.8 Å². The van der Waals surface area contributed by atoms with Crippen molar-refractivity contribution in [2.45, 2.75) is 71.2 Å². The number of carbonyl (C=O) groups excluding carboxylic acids is 2. The van der Waals surface area contributed by atoms with Crippen molar-refractivity contribution >= 4 is 12.3 Å². The SMILES string of the molecule is CC(=O)O[C@@H]1C[C@]2(C)[C@@H]3O[C@@H]3CC[C@H]2[C@](C=O)(CCc2ccoc2)[C@H]1C. The summed E-state index contributed by atoms with van der Waals surface area (Å²) in [5.74, 6) is -0.0308. The van der Waals surface area contributed by atoms with Gasteiger partial charge in [0.05, 0.1) is 24.7 Å². The number of carbonyl (C=O) groups is 2. The molecule has 26 heavy (non-hydrogen) atoms. The van der Waals surface area contributed by atoms with Gasteiger partial charge in [0.2, 0.25) is 0 Å². The van der Waals surface area contributed by atoms with E-state index in [1.807, 2.05) is 6.07 Å². The fourth-order valence-corrected chi connectivity index (χ4v) is 6.02. The minimum absolute atomic E-state index is 0.0100. The molecule has 0 amide bonds. The molecule has 5 nitrogen and oxygen atoms in total. The van der Waals surface area contributed by atoms with Crippen LogP contribution >= 0.6 is 0 Å². The van der Waals surface area contributed by atoms with Gasteiger partial charge in [-0.05, 0) is 49.7 Å². The third kappa shape index (κ3) is 2.63. The van der Waals surface area contributed by atoms with E-state index in [2.05, 4.69) is 13.8 Å². The van der Waals surface area contributed by atoms with E-state index >= 15 is 0 Å². The maximum atomic E-state index is 12.6. The van der Waals surface area contributed by atoms with Gasteiger partial charge in [0, 0.05) is 23.7 Å². The van der Waals surface area contributed by atoms with Crippen LogP contribution in [0.15, 0.2) is 23.0 Å². The van der Waals surface area contributed by atoms with Crippen LogP contribution in [0.4, 0.5) is 0 Å². The summed E-state index contributed by atoms with van der Waals surface area (Å²) in [6.45, 7) is 5.77. The molecule has 1 aromatic rings. The summed E-state index contributed by atoms with van der Waals surface area (Å²) in [5, 5.41) is 0. The van der Waals surface area contributed by atoms with Crippen LogP contribution in [0.3, 0.4) is 0 Å². The quantitative estimate of drug-likeness (QED) is 0.456. The van der Waals surface area contributed by atoms with Crippen LogP contribution in [0.5, 0.6) is 0 Å². The monoisotopic (exact) mass is 360 g/mol. The number of ether oxygens (including phenoxy) is 2. The zero-order valence-electron chi connectivity index (χ0n) is 15.8. The molecule has 0 radical (unpaired) electrons. The molecule has 142 valence electrons. The molecule has 3 aliphatic rings. The lowest BCUT2D eigenvalue weighted by Gasteiger charge is -2.57. The van der Waals surface area contributed by atoms with Gasteiger partial charge in [-0.25, -0.2) is 0 Å². The summed E-state index contributed by atoms with van der Waals surface area (Å²) < 4.78 is 16.9. The number of fused-ring (bicyclic) bond motifs is 3. The van der Waals surface area contributed by atoms with Crippen molar-refractivity contribution in [2.24, 2.45) is 22.7 Å². The Morgan fingerprint density at radius 1 is 1.42 bits per heavy atom. The topological polar surface area (TPSA) is 69.0 Å². The first-order valence-corrected chi connectivity index (χ1v) is 9.71. The van der Waals surface area contributed by atoms with Crippen molar-refractivity contribution in [2.75, 3.05) is 0 Å². The van der Waals surface area contributed by atoms with E-state index in [0.717, 1.165) is 37.7 Å². The first-order valence-electron chi connectivity index (χ1n) is 9.71. The van der Waals surface area contributed by atoms with Crippen molar-refractivity contribution < 1.29 is 23.5 Å². The predicted octanol–water partition coefficient (Wildman–Crippen LogP) is 3.55. The lowest BCUT2D eigenvalue weighted by atomic mass is 9.46. The number of rotatable bonds is 5. The Morgan fingerprint density at radius 2 is 2.23 bits per heavy atom. The highest BCUT2D eigenvalue weighted by molar-refractivity contribution is 5.67. The van der Waals surface area contributed by atoms with Crippen LogP contribution in [-0.4, -0.2) is 30.6 Å². The van der Waals surface area contributed by atoms with E-state index in [1.165, 1.54) is 13.2 Å². The highest BCUT2D eigenvalue weighted by Crippen LogP contribution is 2.65. The molecule has 0 spiro atoms. The number of hydrogen-bond donors (Lipinski definition) is 0. The lowest BCUT2D eigenvalue weighted by molar-refractivity contribution is -0.180. The maximum Gasteiger partial charge on any atom is 0.302 e. The fraction of sp³-hybridized carbons (Fsp3) is 0.714. The van der Waals surface area contributed by atoms with E-state index in [0.29, 0.717) is 6.10 Å². The first kappa shape index (κ1) is 17.8. The molecule has 1 aromatic heterocycles. The fourth-order valence-electron chi connectivity index (χ4n) is 6.02. The molecule has 0 aromatic carbocycles. The molecular weight excluding hydrogens is 332 g/mol. The third-order valence-electron chi connectivity index (χ3n) is 7.43. The molecule has 3 fully saturated rings. The Kier molecular flexibility index (Phi) is 4.25. The molecule has 2 aliphatic carbocycles. The van der Waals surface area contributed by atoms with Crippen LogP contribution in [0.1, 0.15) is 52.0 Å². The second-order valence-electron chi connectivity index (χ2n) is 8.73. The second-order valence-corrected chi connectivity index (χ2v) is 8.73. The van der Waals surface area contributed by atoms with Gasteiger partial charge in [0.25, 0.3) is 0 Å². The number of furan rings is 1. The zero-order chi connectivity index (χ0) is 18.5. The summed E-state index contributed by atoms with van der Waals surface area (Å²) in [5.41, 5.74) is 0.472. The Morgan fingerprint density at radius 3 is 2.88 bits per heavy atom. The van der Waals surface area contributed by atoms with Crippen LogP contribution in [-0.2, 0) is 25.5 Å². The molecule has 7 atom stereocenters. The van der Waals surface area contributed by atoms with Crippen LogP contribution in [0.25, 0.3) is 0 Å².